The molecule has 0 bridgehead atoms. The summed E-state index contributed by atoms with van der Waals surface area (Å²) in [5.41, 5.74) is 4.24. The summed E-state index contributed by atoms with van der Waals surface area (Å²) in [6.45, 7) is 1.78. The molecule has 0 spiro atoms. The summed E-state index contributed by atoms with van der Waals surface area (Å²) in [6, 6.07) is 7.81. The van der Waals surface area contributed by atoms with Crippen LogP contribution < -0.4 is 11.3 Å². The van der Waals surface area contributed by atoms with Crippen molar-refractivity contribution in [3.05, 3.63) is 35.4 Å². The van der Waals surface area contributed by atoms with E-state index < -0.39 is 0 Å². The maximum atomic E-state index is 11.3. The van der Waals surface area contributed by atoms with Gasteiger partial charge in [0.25, 0.3) is 0 Å². The molecular formula is C13H21N3O2. The van der Waals surface area contributed by atoms with Gasteiger partial charge in [-0.3, -0.25) is 10.2 Å². The molecule has 0 unspecified atom stereocenters. The van der Waals surface area contributed by atoms with Crippen LogP contribution >= 0.6 is 0 Å². The highest BCUT2D eigenvalue weighted by molar-refractivity contribution is 5.78. The largest absolute Gasteiger partial charge is 0.396 e. The Balaban J connectivity index is 2.66. The van der Waals surface area contributed by atoms with Crippen LogP contribution in [-0.4, -0.2) is 36.1 Å². The van der Waals surface area contributed by atoms with Crippen molar-refractivity contribution in [1.82, 2.24) is 10.3 Å². The summed E-state index contributed by atoms with van der Waals surface area (Å²) in [6.07, 6.45) is 1.04. The first kappa shape index (κ1) is 14.6. The predicted molar refractivity (Wildman–Crippen MR) is 70.5 cm³/mol. The minimum Gasteiger partial charge on any atom is -0.396 e. The Kier molecular flexibility index (Phi) is 6.35. The van der Waals surface area contributed by atoms with Crippen molar-refractivity contribution in [2.75, 3.05) is 20.2 Å². The lowest BCUT2D eigenvalue weighted by molar-refractivity contribution is -0.120. The van der Waals surface area contributed by atoms with Crippen LogP contribution in [0.15, 0.2) is 24.3 Å². The highest BCUT2D eigenvalue weighted by Crippen LogP contribution is 2.12. The average Bonchev–Trinajstić information content (AvgIpc) is 2.38. The molecule has 0 atom stereocenters. The maximum Gasteiger partial charge on any atom is 0.238 e. The summed E-state index contributed by atoms with van der Waals surface area (Å²) < 4.78 is 0. The van der Waals surface area contributed by atoms with Gasteiger partial charge in [0, 0.05) is 19.7 Å². The van der Waals surface area contributed by atoms with Gasteiger partial charge in [-0.2, -0.15) is 0 Å². The Morgan fingerprint density at radius 1 is 1.39 bits per heavy atom. The molecule has 0 aliphatic rings. The third-order valence-corrected chi connectivity index (χ3v) is 2.77. The lowest BCUT2D eigenvalue weighted by Crippen LogP contribution is -2.32. The number of nitrogens with two attached hydrogens (primary N) is 1. The molecule has 0 aliphatic carbocycles. The SMILES string of the molecule is CN(CCCO)Cc1ccccc1CC(=O)NN. The van der Waals surface area contributed by atoms with Crippen LogP contribution in [0.3, 0.4) is 0 Å². The number of aliphatic hydroxyl groups excluding tert-OH is 1. The van der Waals surface area contributed by atoms with Crippen molar-refractivity contribution in [3.63, 3.8) is 0 Å². The van der Waals surface area contributed by atoms with E-state index in [1.807, 2.05) is 31.3 Å². The van der Waals surface area contributed by atoms with Gasteiger partial charge in [0.05, 0.1) is 6.42 Å². The molecule has 0 aliphatic heterocycles. The zero-order valence-electron chi connectivity index (χ0n) is 10.7. The number of carbonyl (C=O) groups is 1. The van der Waals surface area contributed by atoms with Gasteiger partial charge in [-0.25, -0.2) is 5.84 Å². The van der Waals surface area contributed by atoms with Gasteiger partial charge in [-0.1, -0.05) is 24.3 Å². The van der Waals surface area contributed by atoms with E-state index in [9.17, 15) is 4.79 Å². The molecule has 5 heteroatoms. The number of amides is 1. The smallest absolute Gasteiger partial charge is 0.238 e. The van der Waals surface area contributed by atoms with Crippen LogP contribution in [0.5, 0.6) is 0 Å². The molecule has 18 heavy (non-hydrogen) atoms. The summed E-state index contributed by atoms with van der Waals surface area (Å²) in [4.78, 5) is 13.4. The van der Waals surface area contributed by atoms with E-state index in [-0.39, 0.29) is 12.5 Å². The summed E-state index contributed by atoms with van der Waals surface area (Å²) in [7, 11) is 2.00. The molecule has 0 saturated heterocycles. The van der Waals surface area contributed by atoms with E-state index in [0.29, 0.717) is 6.42 Å². The van der Waals surface area contributed by atoms with Crippen molar-refractivity contribution in [3.8, 4) is 0 Å². The van der Waals surface area contributed by atoms with Crippen molar-refractivity contribution < 1.29 is 9.90 Å². The third-order valence-electron chi connectivity index (χ3n) is 2.77. The minimum absolute atomic E-state index is 0.194. The van der Waals surface area contributed by atoms with Crippen LogP contribution in [-0.2, 0) is 17.8 Å². The number of benzene rings is 1. The van der Waals surface area contributed by atoms with E-state index >= 15 is 0 Å². The first-order valence-electron chi connectivity index (χ1n) is 6.03. The molecule has 0 radical (unpaired) electrons. The molecule has 0 aromatic heterocycles. The van der Waals surface area contributed by atoms with Gasteiger partial charge in [0.15, 0.2) is 0 Å². The topological polar surface area (TPSA) is 78.6 Å². The molecule has 1 amide bonds. The van der Waals surface area contributed by atoms with Gasteiger partial charge < -0.3 is 10.0 Å². The standard InChI is InChI=1S/C13H21N3O2/c1-16(7-4-8-17)10-12-6-3-2-5-11(12)9-13(18)15-14/h2-3,5-6,17H,4,7-10,14H2,1H3,(H,15,18). The maximum absolute atomic E-state index is 11.3. The Morgan fingerprint density at radius 2 is 2.06 bits per heavy atom. The quantitative estimate of drug-likeness (QED) is 0.363. The molecule has 4 N–H and O–H groups in total. The van der Waals surface area contributed by atoms with Crippen LogP contribution in [0.2, 0.25) is 0 Å². The summed E-state index contributed by atoms with van der Waals surface area (Å²) in [5, 5.41) is 8.79. The van der Waals surface area contributed by atoms with Crippen molar-refractivity contribution in [2.45, 2.75) is 19.4 Å². The number of hydrogen-bond donors (Lipinski definition) is 3. The average molecular weight is 251 g/mol. The Hall–Kier alpha value is -1.43. The van der Waals surface area contributed by atoms with Crippen molar-refractivity contribution >= 4 is 5.91 Å². The number of rotatable bonds is 7. The molecule has 0 saturated carbocycles. The highest BCUT2D eigenvalue weighted by Gasteiger charge is 2.08. The van der Waals surface area contributed by atoms with Crippen LogP contribution in [0.25, 0.3) is 0 Å². The molecule has 1 aromatic rings. The second-order valence-electron chi connectivity index (χ2n) is 4.33. The van der Waals surface area contributed by atoms with Crippen molar-refractivity contribution in [1.29, 1.82) is 0 Å². The summed E-state index contributed by atoms with van der Waals surface area (Å²) >= 11 is 0. The second kappa shape index (κ2) is 7.81. The Bertz CT molecular complexity index is 382. The molecule has 0 fully saturated rings. The fraction of sp³-hybridized carbons (Fsp3) is 0.462. The van der Waals surface area contributed by atoms with Gasteiger partial charge in [-0.05, 0) is 24.6 Å². The zero-order valence-corrected chi connectivity index (χ0v) is 10.7. The Labute approximate surface area is 108 Å². The molecular weight excluding hydrogens is 230 g/mol. The lowest BCUT2D eigenvalue weighted by atomic mass is 10.0. The number of nitrogens with one attached hydrogen (secondary N) is 1. The van der Waals surface area contributed by atoms with Gasteiger partial charge >= 0.3 is 0 Å². The fourth-order valence-corrected chi connectivity index (χ4v) is 1.82. The van der Waals surface area contributed by atoms with E-state index in [2.05, 4.69) is 10.3 Å². The second-order valence-corrected chi connectivity index (χ2v) is 4.33. The van der Waals surface area contributed by atoms with Crippen LogP contribution in [0.4, 0.5) is 0 Å². The minimum atomic E-state index is -0.194. The van der Waals surface area contributed by atoms with Crippen LogP contribution in [0.1, 0.15) is 17.5 Å². The van der Waals surface area contributed by atoms with Gasteiger partial charge in [0.1, 0.15) is 0 Å². The van der Waals surface area contributed by atoms with Crippen molar-refractivity contribution in [2.24, 2.45) is 5.84 Å². The molecule has 100 valence electrons. The Morgan fingerprint density at radius 3 is 2.67 bits per heavy atom. The van der Waals surface area contributed by atoms with Gasteiger partial charge in [-0.15, -0.1) is 0 Å². The monoisotopic (exact) mass is 251 g/mol. The first-order valence-corrected chi connectivity index (χ1v) is 6.03. The van der Waals surface area contributed by atoms with E-state index in [1.165, 1.54) is 0 Å². The predicted octanol–water partition coefficient (Wildman–Crippen LogP) is 0.0332. The van der Waals surface area contributed by atoms with Gasteiger partial charge in [0.2, 0.25) is 5.91 Å². The van der Waals surface area contributed by atoms with Crippen LogP contribution in [0, 0.1) is 0 Å². The highest BCUT2D eigenvalue weighted by atomic mass is 16.3. The first-order chi connectivity index (χ1) is 8.67. The van der Waals surface area contributed by atoms with E-state index in [4.69, 9.17) is 10.9 Å². The zero-order chi connectivity index (χ0) is 13.4. The molecule has 1 rings (SSSR count). The number of hydrogen-bond acceptors (Lipinski definition) is 4. The number of nitrogens with zero attached hydrogens (tertiary/aromatic N) is 1. The summed E-state index contributed by atoms with van der Waals surface area (Å²) in [5.74, 6) is 4.91. The number of hydrazine groups is 1. The fourth-order valence-electron chi connectivity index (χ4n) is 1.82. The number of carbonyl (C=O) groups excluding carboxylic acids is 1. The lowest BCUT2D eigenvalue weighted by Gasteiger charge is -2.18. The normalized spacial score (nSPS) is 10.7. The molecule has 5 nitrogen and oxygen atoms in total. The van der Waals surface area contributed by atoms with E-state index in [1.54, 1.807) is 0 Å². The molecule has 1 aromatic carbocycles. The molecule has 0 heterocycles. The van der Waals surface area contributed by atoms with E-state index in [0.717, 1.165) is 30.6 Å². The third kappa shape index (κ3) is 4.83. The number of aliphatic hydroxyl groups is 1.